The maximum Gasteiger partial charge on any atom is 0.126 e. The maximum absolute atomic E-state index is 13.2. The SMILES string of the molecule is [CH2]C(CF)c1ccc(CC)c(F)c1. The standard InChI is InChI=1S/C11H13F2/c1-3-9-4-5-10(6-11(9)13)8(2)7-12/h4-6,8H,2-3,7H2,1H3. The Morgan fingerprint density at radius 1 is 1.46 bits per heavy atom. The van der Waals surface area contributed by atoms with Crippen molar-refractivity contribution in [2.24, 2.45) is 0 Å². The lowest BCUT2D eigenvalue weighted by Gasteiger charge is -2.08. The van der Waals surface area contributed by atoms with Gasteiger partial charge in [-0.3, -0.25) is 4.39 Å². The van der Waals surface area contributed by atoms with E-state index in [1.165, 1.54) is 6.07 Å². The van der Waals surface area contributed by atoms with Crippen LogP contribution in [0, 0.1) is 12.7 Å². The maximum atomic E-state index is 13.2. The lowest BCUT2D eigenvalue weighted by molar-refractivity contribution is 0.464. The first kappa shape index (κ1) is 10.2. The van der Waals surface area contributed by atoms with Crippen LogP contribution in [0.1, 0.15) is 24.0 Å². The van der Waals surface area contributed by atoms with Crippen molar-refractivity contribution in [2.75, 3.05) is 6.67 Å². The molecule has 0 bridgehead atoms. The molecule has 0 aliphatic heterocycles. The van der Waals surface area contributed by atoms with Gasteiger partial charge in [-0.15, -0.1) is 0 Å². The predicted octanol–water partition coefficient (Wildman–Crippen LogP) is 3.28. The fraction of sp³-hybridized carbons (Fsp3) is 0.364. The van der Waals surface area contributed by atoms with Crippen molar-refractivity contribution in [3.63, 3.8) is 0 Å². The molecule has 0 spiro atoms. The van der Waals surface area contributed by atoms with Crippen LogP contribution in [0.5, 0.6) is 0 Å². The van der Waals surface area contributed by atoms with Gasteiger partial charge in [-0.1, -0.05) is 19.1 Å². The fourth-order valence-corrected chi connectivity index (χ4v) is 1.19. The number of rotatable bonds is 3. The number of halogens is 2. The summed E-state index contributed by atoms with van der Waals surface area (Å²) in [7, 11) is 0. The summed E-state index contributed by atoms with van der Waals surface area (Å²) >= 11 is 0. The first-order valence-corrected chi connectivity index (χ1v) is 4.36. The minimum absolute atomic E-state index is 0.262. The highest BCUT2D eigenvalue weighted by Crippen LogP contribution is 2.18. The van der Waals surface area contributed by atoms with Crippen LogP contribution < -0.4 is 0 Å². The smallest absolute Gasteiger partial charge is 0.126 e. The van der Waals surface area contributed by atoms with E-state index in [-0.39, 0.29) is 5.82 Å². The van der Waals surface area contributed by atoms with Crippen LogP contribution >= 0.6 is 0 Å². The Morgan fingerprint density at radius 2 is 2.15 bits per heavy atom. The topological polar surface area (TPSA) is 0 Å². The number of hydrogen-bond acceptors (Lipinski definition) is 0. The summed E-state index contributed by atoms with van der Waals surface area (Å²) in [5, 5.41) is 0. The Hall–Kier alpha value is -0.920. The zero-order valence-electron chi connectivity index (χ0n) is 7.69. The lowest BCUT2D eigenvalue weighted by Crippen LogP contribution is -1.98. The number of alkyl halides is 1. The zero-order valence-corrected chi connectivity index (χ0v) is 7.69. The molecule has 0 aliphatic carbocycles. The molecule has 0 amide bonds. The second-order valence-corrected chi connectivity index (χ2v) is 3.06. The van der Waals surface area contributed by atoms with Gasteiger partial charge >= 0.3 is 0 Å². The highest BCUT2D eigenvalue weighted by molar-refractivity contribution is 5.27. The first-order valence-electron chi connectivity index (χ1n) is 4.36. The largest absolute Gasteiger partial charge is 0.250 e. The normalized spacial score (nSPS) is 12.9. The van der Waals surface area contributed by atoms with E-state index in [9.17, 15) is 8.78 Å². The Balaban J connectivity index is 2.95. The third-order valence-electron chi connectivity index (χ3n) is 2.12. The summed E-state index contributed by atoms with van der Waals surface area (Å²) < 4.78 is 25.4. The average molecular weight is 183 g/mol. The minimum atomic E-state index is -0.551. The molecule has 13 heavy (non-hydrogen) atoms. The van der Waals surface area contributed by atoms with Crippen LogP contribution in [0.3, 0.4) is 0 Å². The average Bonchev–Trinajstić information content (AvgIpc) is 2.16. The van der Waals surface area contributed by atoms with Crippen molar-refractivity contribution in [1.82, 2.24) is 0 Å². The van der Waals surface area contributed by atoms with Gasteiger partial charge in [0.25, 0.3) is 0 Å². The Labute approximate surface area is 77.6 Å². The molecule has 0 saturated carbocycles. The third kappa shape index (κ3) is 2.27. The minimum Gasteiger partial charge on any atom is -0.250 e. The molecular weight excluding hydrogens is 170 g/mol. The molecule has 1 radical (unpaired) electrons. The van der Waals surface area contributed by atoms with Gasteiger partial charge < -0.3 is 0 Å². The molecule has 0 fully saturated rings. The van der Waals surface area contributed by atoms with Gasteiger partial charge in [-0.2, -0.15) is 0 Å². The Kier molecular flexibility index (Phi) is 3.40. The lowest BCUT2D eigenvalue weighted by atomic mass is 10.00. The summed E-state index contributed by atoms with van der Waals surface area (Å²) in [4.78, 5) is 0. The first-order chi connectivity index (χ1) is 6.19. The molecule has 2 heteroatoms. The van der Waals surface area contributed by atoms with E-state index in [0.29, 0.717) is 17.5 Å². The van der Waals surface area contributed by atoms with Crippen LogP contribution in [-0.2, 0) is 6.42 Å². The fourth-order valence-electron chi connectivity index (χ4n) is 1.19. The third-order valence-corrected chi connectivity index (χ3v) is 2.12. The molecule has 0 saturated heterocycles. The van der Waals surface area contributed by atoms with E-state index < -0.39 is 12.6 Å². The molecule has 0 aromatic heterocycles. The number of benzene rings is 1. The molecule has 71 valence electrons. The van der Waals surface area contributed by atoms with Crippen LogP contribution in [0.4, 0.5) is 8.78 Å². The summed E-state index contributed by atoms with van der Waals surface area (Å²) in [6.07, 6.45) is 0.656. The van der Waals surface area contributed by atoms with Crippen molar-refractivity contribution in [3.05, 3.63) is 42.1 Å². The molecule has 0 aliphatic rings. The molecule has 1 atom stereocenters. The summed E-state index contributed by atoms with van der Waals surface area (Å²) in [6.45, 7) is 4.91. The molecule has 1 aromatic carbocycles. The summed E-state index contributed by atoms with van der Waals surface area (Å²) in [6, 6.07) is 4.80. The number of hydrogen-bond donors (Lipinski definition) is 0. The van der Waals surface area contributed by atoms with Crippen molar-refractivity contribution in [3.8, 4) is 0 Å². The molecule has 1 rings (SSSR count). The predicted molar refractivity (Wildman–Crippen MR) is 49.9 cm³/mol. The van der Waals surface area contributed by atoms with Crippen LogP contribution in [0.25, 0.3) is 0 Å². The van der Waals surface area contributed by atoms with Crippen LogP contribution in [0.15, 0.2) is 18.2 Å². The van der Waals surface area contributed by atoms with E-state index in [1.807, 2.05) is 6.92 Å². The van der Waals surface area contributed by atoms with E-state index in [1.54, 1.807) is 12.1 Å². The number of aryl methyl sites for hydroxylation is 1. The van der Waals surface area contributed by atoms with Crippen LogP contribution in [0.2, 0.25) is 0 Å². The zero-order chi connectivity index (χ0) is 9.84. The Bertz CT molecular complexity index is 281. The highest BCUT2D eigenvalue weighted by atomic mass is 19.1. The molecule has 1 unspecified atom stereocenters. The molecular formula is C11H13F2. The second kappa shape index (κ2) is 4.35. The van der Waals surface area contributed by atoms with E-state index >= 15 is 0 Å². The molecule has 1 aromatic rings. The molecule has 0 heterocycles. The van der Waals surface area contributed by atoms with Gasteiger partial charge in [0.1, 0.15) is 5.82 Å². The van der Waals surface area contributed by atoms with Gasteiger partial charge in [-0.25, -0.2) is 4.39 Å². The highest BCUT2D eigenvalue weighted by Gasteiger charge is 2.07. The summed E-state index contributed by atoms with van der Waals surface area (Å²) in [5.74, 6) is -0.720. The van der Waals surface area contributed by atoms with Gasteiger partial charge in [-0.05, 0) is 30.5 Å². The van der Waals surface area contributed by atoms with Gasteiger partial charge in [0.2, 0.25) is 0 Å². The van der Waals surface area contributed by atoms with Crippen molar-refractivity contribution in [2.45, 2.75) is 19.3 Å². The second-order valence-electron chi connectivity index (χ2n) is 3.06. The van der Waals surface area contributed by atoms with Crippen LogP contribution in [-0.4, -0.2) is 6.67 Å². The Morgan fingerprint density at radius 3 is 2.62 bits per heavy atom. The van der Waals surface area contributed by atoms with Crippen molar-refractivity contribution >= 4 is 0 Å². The quantitative estimate of drug-likeness (QED) is 0.674. The van der Waals surface area contributed by atoms with Crippen molar-refractivity contribution < 1.29 is 8.78 Å². The molecule has 0 nitrogen and oxygen atoms in total. The van der Waals surface area contributed by atoms with E-state index in [2.05, 4.69) is 6.92 Å². The van der Waals surface area contributed by atoms with E-state index in [0.717, 1.165) is 0 Å². The molecule has 0 N–H and O–H groups in total. The van der Waals surface area contributed by atoms with Gasteiger partial charge in [0, 0.05) is 5.92 Å². The van der Waals surface area contributed by atoms with Gasteiger partial charge in [0.05, 0.1) is 6.67 Å². The van der Waals surface area contributed by atoms with Gasteiger partial charge in [0.15, 0.2) is 0 Å². The van der Waals surface area contributed by atoms with Crippen molar-refractivity contribution in [1.29, 1.82) is 0 Å². The van der Waals surface area contributed by atoms with E-state index in [4.69, 9.17) is 0 Å². The summed E-state index contributed by atoms with van der Waals surface area (Å²) in [5.41, 5.74) is 1.28. The monoisotopic (exact) mass is 183 g/mol.